The summed E-state index contributed by atoms with van der Waals surface area (Å²) in [5.74, 6) is 0.873. The van der Waals surface area contributed by atoms with Crippen molar-refractivity contribution in [3.05, 3.63) is 34.8 Å². The third-order valence-corrected chi connectivity index (χ3v) is 5.75. The van der Waals surface area contributed by atoms with Gasteiger partial charge >= 0.3 is 0 Å². The molecule has 0 unspecified atom stereocenters. The van der Waals surface area contributed by atoms with Crippen LogP contribution >= 0.6 is 22.7 Å². The maximum Gasteiger partial charge on any atom is 0.184 e. The highest BCUT2D eigenvalue weighted by Gasteiger charge is 2.15. The van der Waals surface area contributed by atoms with E-state index < -0.39 is 0 Å². The van der Waals surface area contributed by atoms with Gasteiger partial charge in [-0.2, -0.15) is 0 Å². The molecule has 1 saturated carbocycles. The SMILES string of the molecule is c1nc(COc2ccc3nc(NC4CCCCC4)sc3c2)cs1. The fourth-order valence-corrected chi connectivity index (χ4v) is 4.46. The Labute approximate surface area is 143 Å². The van der Waals surface area contributed by atoms with Gasteiger partial charge in [0, 0.05) is 11.4 Å². The molecule has 0 spiro atoms. The summed E-state index contributed by atoms with van der Waals surface area (Å²) in [6, 6.07) is 6.68. The number of hydrogen-bond acceptors (Lipinski definition) is 6. The van der Waals surface area contributed by atoms with Crippen molar-refractivity contribution in [2.45, 2.75) is 44.8 Å². The number of rotatable bonds is 5. The second-order valence-corrected chi connectivity index (χ2v) is 7.65. The summed E-state index contributed by atoms with van der Waals surface area (Å²) >= 11 is 3.30. The molecule has 0 aliphatic heterocycles. The van der Waals surface area contributed by atoms with Crippen LogP contribution in [-0.4, -0.2) is 16.0 Å². The monoisotopic (exact) mass is 345 g/mol. The molecule has 3 aromatic rings. The van der Waals surface area contributed by atoms with Gasteiger partial charge < -0.3 is 10.1 Å². The van der Waals surface area contributed by atoms with E-state index in [9.17, 15) is 0 Å². The zero-order valence-corrected chi connectivity index (χ0v) is 14.5. The van der Waals surface area contributed by atoms with Gasteiger partial charge in [-0.15, -0.1) is 11.3 Å². The van der Waals surface area contributed by atoms with E-state index in [1.54, 1.807) is 22.7 Å². The van der Waals surface area contributed by atoms with Gasteiger partial charge in [-0.3, -0.25) is 0 Å². The first-order valence-electron chi connectivity index (χ1n) is 8.04. The summed E-state index contributed by atoms with van der Waals surface area (Å²) in [6.45, 7) is 0.515. The molecule has 2 aromatic heterocycles. The highest BCUT2D eigenvalue weighted by molar-refractivity contribution is 7.22. The van der Waals surface area contributed by atoms with Crippen LogP contribution in [0.5, 0.6) is 5.75 Å². The molecule has 4 rings (SSSR count). The minimum absolute atomic E-state index is 0.515. The molecule has 1 aliphatic carbocycles. The van der Waals surface area contributed by atoms with Crippen molar-refractivity contribution < 1.29 is 4.74 Å². The number of hydrogen-bond donors (Lipinski definition) is 1. The Kier molecular flexibility index (Phi) is 4.43. The Morgan fingerprint density at radius 1 is 1.22 bits per heavy atom. The van der Waals surface area contributed by atoms with Crippen molar-refractivity contribution in [1.29, 1.82) is 0 Å². The molecule has 0 atom stereocenters. The highest BCUT2D eigenvalue weighted by Crippen LogP contribution is 2.31. The summed E-state index contributed by atoms with van der Waals surface area (Å²) in [4.78, 5) is 8.94. The second kappa shape index (κ2) is 6.84. The van der Waals surface area contributed by atoms with Gasteiger partial charge in [0.15, 0.2) is 5.13 Å². The van der Waals surface area contributed by atoms with Crippen LogP contribution < -0.4 is 10.1 Å². The molecule has 0 bridgehead atoms. The van der Waals surface area contributed by atoms with E-state index in [-0.39, 0.29) is 0 Å². The lowest BCUT2D eigenvalue weighted by atomic mass is 9.96. The fourth-order valence-electron chi connectivity index (χ4n) is 2.94. The number of nitrogens with zero attached hydrogens (tertiary/aromatic N) is 2. The molecule has 0 radical (unpaired) electrons. The molecule has 4 nitrogen and oxygen atoms in total. The maximum atomic E-state index is 5.82. The first-order valence-corrected chi connectivity index (χ1v) is 9.80. The van der Waals surface area contributed by atoms with Gasteiger partial charge in [-0.05, 0) is 31.0 Å². The van der Waals surface area contributed by atoms with Gasteiger partial charge in [0.25, 0.3) is 0 Å². The summed E-state index contributed by atoms with van der Waals surface area (Å²) < 4.78 is 6.99. The molecular weight excluding hydrogens is 326 g/mol. The van der Waals surface area contributed by atoms with E-state index in [1.807, 2.05) is 23.0 Å². The molecule has 23 heavy (non-hydrogen) atoms. The lowest BCUT2D eigenvalue weighted by Crippen LogP contribution is -2.21. The zero-order chi connectivity index (χ0) is 15.5. The van der Waals surface area contributed by atoms with Crippen molar-refractivity contribution >= 4 is 38.0 Å². The van der Waals surface area contributed by atoms with Crippen LogP contribution in [0.2, 0.25) is 0 Å². The van der Waals surface area contributed by atoms with E-state index in [1.165, 1.54) is 36.8 Å². The number of ether oxygens (including phenoxy) is 1. The lowest BCUT2D eigenvalue weighted by molar-refractivity contribution is 0.302. The number of nitrogens with one attached hydrogen (secondary N) is 1. The Hall–Kier alpha value is -1.66. The van der Waals surface area contributed by atoms with Crippen molar-refractivity contribution in [2.75, 3.05) is 5.32 Å². The number of thiazole rings is 2. The smallest absolute Gasteiger partial charge is 0.184 e. The molecular formula is C17H19N3OS2. The number of benzene rings is 1. The first kappa shape index (κ1) is 14.9. The van der Waals surface area contributed by atoms with E-state index in [0.29, 0.717) is 12.6 Å². The summed E-state index contributed by atoms with van der Waals surface area (Å²) in [6.07, 6.45) is 6.56. The van der Waals surface area contributed by atoms with Gasteiger partial charge in [-0.25, -0.2) is 9.97 Å². The van der Waals surface area contributed by atoms with Gasteiger partial charge in [0.2, 0.25) is 0 Å². The average molecular weight is 345 g/mol. The van der Waals surface area contributed by atoms with Gasteiger partial charge in [0.1, 0.15) is 12.4 Å². The lowest BCUT2D eigenvalue weighted by Gasteiger charge is -2.22. The molecule has 6 heteroatoms. The summed E-state index contributed by atoms with van der Waals surface area (Å²) in [7, 11) is 0. The van der Waals surface area contributed by atoms with E-state index in [2.05, 4.69) is 16.4 Å². The Morgan fingerprint density at radius 3 is 2.96 bits per heavy atom. The molecule has 2 heterocycles. The topological polar surface area (TPSA) is 47.0 Å². The maximum absolute atomic E-state index is 5.82. The summed E-state index contributed by atoms with van der Waals surface area (Å²) in [5, 5.41) is 6.64. The van der Waals surface area contributed by atoms with Crippen LogP contribution in [-0.2, 0) is 6.61 Å². The van der Waals surface area contributed by atoms with E-state index in [4.69, 9.17) is 9.72 Å². The molecule has 0 amide bonds. The quantitative estimate of drug-likeness (QED) is 0.701. The minimum Gasteiger partial charge on any atom is -0.487 e. The largest absolute Gasteiger partial charge is 0.487 e. The van der Waals surface area contributed by atoms with Crippen LogP contribution in [0.1, 0.15) is 37.8 Å². The Bertz CT molecular complexity index is 763. The average Bonchev–Trinajstić information content (AvgIpc) is 3.22. The number of anilines is 1. The summed E-state index contributed by atoms with van der Waals surface area (Å²) in [5.41, 5.74) is 3.84. The van der Waals surface area contributed by atoms with Crippen LogP contribution in [0.3, 0.4) is 0 Å². The van der Waals surface area contributed by atoms with E-state index in [0.717, 1.165) is 22.1 Å². The van der Waals surface area contributed by atoms with Gasteiger partial charge in [0.05, 0.1) is 21.4 Å². The molecule has 0 saturated heterocycles. The Morgan fingerprint density at radius 2 is 2.13 bits per heavy atom. The van der Waals surface area contributed by atoms with Crippen molar-refractivity contribution in [3.63, 3.8) is 0 Å². The van der Waals surface area contributed by atoms with Gasteiger partial charge in [-0.1, -0.05) is 30.6 Å². The van der Waals surface area contributed by atoms with Crippen molar-refractivity contribution in [1.82, 2.24) is 9.97 Å². The van der Waals surface area contributed by atoms with Crippen LogP contribution in [0.25, 0.3) is 10.2 Å². The van der Waals surface area contributed by atoms with Crippen LogP contribution in [0.4, 0.5) is 5.13 Å². The number of fused-ring (bicyclic) bond motifs is 1. The Balaban J connectivity index is 1.45. The standard InChI is InChI=1S/C17H19N3OS2/c1-2-4-12(5-3-1)19-17-20-15-7-6-14(8-16(15)23-17)21-9-13-10-22-11-18-13/h6-8,10-12H,1-5,9H2,(H,19,20). The number of aromatic nitrogens is 2. The minimum atomic E-state index is 0.515. The van der Waals surface area contributed by atoms with Crippen LogP contribution in [0, 0.1) is 0 Å². The third-order valence-electron chi connectivity index (χ3n) is 4.16. The molecule has 120 valence electrons. The van der Waals surface area contributed by atoms with Crippen molar-refractivity contribution in [3.8, 4) is 5.75 Å². The molecule has 1 aliphatic rings. The molecule has 1 aromatic carbocycles. The highest BCUT2D eigenvalue weighted by atomic mass is 32.1. The predicted octanol–water partition coefficient (Wildman–Crippen LogP) is 5.08. The zero-order valence-electron chi connectivity index (χ0n) is 12.8. The predicted molar refractivity (Wildman–Crippen MR) is 96.6 cm³/mol. The fraction of sp³-hybridized carbons (Fsp3) is 0.412. The van der Waals surface area contributed by atoms with Crippen LogP contribution in [0.15, 0.2) is 29.1 Å². The normalized spacial score (nSPS) is 15.8. The third kappa shape index (κ3) is 3.64. The first-order chi connectivity index (χ1) is 11.4. The molecule has 1 N–H and O–H groups in total. The van der Waals surface area contributed by atoms with Crippen molar-refractivity contribution in [2.24, 2.45) is 0 Å². The second-order valence-electron chi connectivity index (χ2n) is 5.90. The molecule has 1 fully saturated rings. The van der Waals surface area contributed by atoms with E-state index >= 15 is 0 Å².